The Morgan fingerprint density at radius 3 is 2.80 bits per heavy atom. The van der Waals surface area contributed by atoms with E-state index in [4.69, 9.17) is 19.7 Å². The van der Waals surface area contributed by atoms with Gasteiger partial charge in [0.1, 0.15) is 35.6 Å². The molecule has 0 aliphatic carbocycles. The van der Waals surface area contributed by atoms with Gasteiger partial charge >= 0.3 is 6.01 Å². The van der Waals surface area contributed by atoms with E-state index in [9.17, 15) is 8.78 Å². The summed E-state index contributed by atoms with van der Waals surface area (Å²) in [4.78, 5) is 19.3. The van der Waals surface area contributed by atoms with Gasteiger partial charge in [0.15, 0.2) is 5.82 Å². The minimum Gasteiger partial charge on any atom is -0.461 e. The van der Waals surface area contributed by atoms with Crippen molar-refractivity contribution < 1.29 is 17.9 Å². The summed E-state index contributed by atoms with van der Waals surface area (Å²) in [5.41, 5.74) is 1.66. The molecule has 4 aliphatic heterocycles. The summed E-state index contributed by atoms with van der Waals surface area (Å²) in [5.74, 6) is -0.278. The molecule has 7 nitrogen and oxygen atoms in total. The molecule has 10 heteroatoms. The molecular weight excluding hydrogens is 577 g/mol. The van der Waals surface area contributed by atoms with Crippen LogP contribution >= 0.6 is 0 Å². The first kappa shape index (κ1) is 28.9. The second kappa shape index (κ2) is 10.8. The van der Waals surface area contributed by atoms with E-state index in [0.717, 1.165) is 56.4 Å². The fourth-order valence-electron chi connectivity index (χ4n) is 8.48. The standard InChI is InChI=1S/C35H39F3N6O/c1-4-23-17-44-24(15-39-23)13-19(2)30-28-32(29(38)31(40-30)25-8-5-7-21-9-10-26(37)20(3)27(21)25)41-34(42-33(28)44)45-18-35-11-6-12-43(35)16-22(36)14-35/h5,7-10,19,22-24,39H,4,6,11-18H2,1-3H3/t19-,22-,23-,24-,35+/m1/s1. The molecule has 0 spiro atoms. The molecular formula is C35H39F3N6O. The van der Waals surface area contributed by atoms with E-state index in [1.165, 1.54) is 6.07 Å². The average Bonchev–Trinajstić information content (AvgIpc) is 3.53. The molecule has 6 heterocycles. The number of halogens is 3. The van der Waals surface area contributed by atoms with Gasteiger partial charge in [0, 0.05) is 49.6 Å². The number of ether oxygens (including phenoxy) is 1. The molecule has 4 aliphatic rings. The molecule has 8 rings (SSSR count). The molecule has 0 amide bonds. The second-order valence-electron chi connectivity index (χ2n) is 13.6. The third kappa shape index (κ3) is 4.58. The third-order valence-electron chi connectivity index (χ3n) is 10.9. The van der Waals surface area contributed by atoms with Crippen LogP contribution in [0, 0.1) is 18.6 Å². The number of benzene rings is 2. The number of piperazine rings is 1. The maximum Gasteiger partial charge on any atom is 0.319 e. The highest BCUT2D eigenvalue weighted by Crippen LogP contribution is 2.45. The summed E-state index contributed by atoms with van der Waals surface area (Å²) in [6.45, 7) is 9.04. The van der Waals surface area contributed by atoms with Crippen molar-refractivity contribution in [2.24, 2.45) is 0 Å². The van der Waals surface area contributed by atoms with Crippen molar-refractivity contribution in [2.75, 3.05) is 37.7 Å². The molecule has 0 saturated carbocycles. The molecule has 3 saturated heterocycles. The monoisotopic (exact) mass is 616 g/mol. The van der Waals surface area contributed by atoms with Crippen LogP contribution in [0.1, 0.15) is 63.1 Å². The highest BCUT2D eigenvalue weighted by Gasteiger charge is 2.49. The Morgan fingerprint density at radius 2 is 1.96 bits per heavy atom. The Bertz CT molecular complexity index is 1820. The van der Waals surface area contributed by atoms with Gasteiger partial charge in [-0.3, -0.25) is 4.90 Å². The Balaban J connectivity index is 1.33. The molecule has 2 aromatic heterocycles. The lowest BCUT2D eigenvalue weighted by atomic mass is 9.93. The molecule has 0 radical (unpaired) electrons. The van der Waals surface area contributed by atoms with E-state index in [1.54, 1.807) is 19.1 Å². The molecule has 2 aromatic carbocycles. The number of nitrogens with zero attached hydrogens (tertiary/aromatic N) is 5. The molecule has 5 atom stereocenters. The fourth-order valence-corrected chi connectivity index (χ4v) is 8.48. The van der Waals surface area contributed by atoms with Crippen molar-refractivity contribution in [2.45, 2.75) is 82.6 Å². The Labute approximate surface area is 261 Å². The van der Waals surface area contributed by atoms with Crippen LogP contribution in [0.25, 0.3) is 32.9 Å². The minimum atomic E-state index is -0.882. The lowest BCUT2D eigenvalue weighted by Crippen LogP contribution is -2.56. The largest absolute Gasteiger partial charge is 0.461 e. The lowest BCUT2D eigenvalue weighted by Gasteiger charge is -2.41. The highest BCUT2D eigenvalue weighted by molar-refractivity contribution is 6.01. The van der Waals surface area contributed by atoms with Crippen LogP contribution in [-0.4, -0.2) is 76.4 Å². The maximum absolute atomic E-state index is 17.1. The van der Waals surface area contributed by atoms with Crippen molar-refractivity contribution >= 4 is 27.5 Å². The van der Waals surface area contributed by atoms with Gasteiger partial charge in [-0.05, 0) is 61.6 Å². The second-order valence-corrected chi connectivity index (χ2v) is 13.6. The first-order chi connectivity index (χ1) is 21.8. The number of alkyl halides is 1. The van der Waals surface area contributed by atoms with Crippen molar-refractivity contribution in [3.8, 4) is 17.3 Å². The van der Waals surface area contributed by atoms with Gasteiger partial charge in [-0.25, -0.2) is 18.2 Å². The van der Waals surface area contributed by atoms with Crippen LogP contribution in [0.5, 0.6) is 6.01 Å². The van der Waals surface area contributed by atoms with Crippen LogP contribution in [0.2, 0.25) is 0 Å². The normalized spacial score (nSPS) is 28.0. The van der Waals surface area contributed by atoms with Gasteiger partial charge in [-0.1, -0.05) is 38.1 Å². The first-order valence-electron chi connectivity index (χ1n) is 16.4. The Hall–Kier alpha value is -3.50. The molecule has 0 unspecified atom stereocenters. The average molecular weight is 617 g/mol. The Morgan fingerprint density at radius 1 is 1.09 bits per heavy atom. The highest BCUT2D eigenvalue weighted by atomic mass is 19.1. The zero-order valence-electron chi connectivity index (χ0n) is 26.0. The molecule has 45 heavy (non-hydrogen) atoms. The van der Waals surface area contributed by atoms with Crippen LogP contribution in [0.3, 0.4) is 0 Å². The number of fused-ring (bicyclic) bond motifs is 4. The summed E-state index contributed by atoms with van der Waals surface area (Å²) in [6, 6.07) is 9.22. The molecule has 4 aromatic rings. The Kier molecular flexibility index (Phi) is 6.94. The SMILES string of the molecule is CC[C@@H]1CN2c3nc(OC[C@@]45CCCN4C[C@H](F)C5)nc4c(F)c(-c5cccc6ccc(F)c(C)c56)nc(c34)[C@H](C)C[C@@H]2CN1. The number of hydrogen-bond acceptors (Lipinski definition) is 7. The van der Waals surface area contributed by atoms with E-state index in [0.29, 0.717) is 40.7 Å². The number of anilines is 1. The van der Waals surface area contributed by atoms with Gasteiger partial charge in [-0.15, -0.1) is 0 Å². The molecule has 3 fully saturated rings. The van der Waals surface area contributed by atoms with E-state index >= 15 is 4.39 Å². The number of aryl methyl sites for hydroxylation is 1. The van der Waals surface area contributed by atoms with Crippen LogP contribution in [0.4, 0.5) is 19.0 Å². The number of rotatable bonds is 5. The smallest absolute Gasteiger partial charge is 0.319 e. The quantitative estimate of drug-likeness (QED) is 0.277. The zero-order chi connectivity index (χ0) is 31.0. The molecule has 0 bridgehead atoms. The van der Waals surface area contributed by atoms with Gasteiger partial charge in [0.2, 0.25) is 0 Å². The summed E-state index contributed by atoms with van der Waals surface area (Å²) < 4.78 is 52.8. The predicted octanol–water partition coefficient (Wildman–Crippen LogP) is 6.45. The third-order valence-corrected chi connectivity index (χ3v) is 10.9. The van der Waals surface area contributed by atoms with E-state index in [-0.39, 0.29) is 53.2 Å². The van der Waals surface area contributed by atoms with Crippen molar-refractivity contribution in [1.82, 2.24) is 25.2 Å². The van der Waals surface area contributed by atoms with E-state index in [1.807, 2.05) is 12.1 Å². The summed E-state index contributed by atoms with van der Waals surface area (Å²) in [7, 11) is 0. The number of hydrogen-bond donors (Lipinski definition) is 1. The van der Waals surface area contributed by atoms with Crippen molar-refractivity contribution in [3.05, 3.63) is 53.2 Å². The maximum atomic E-state index is 17.1. The van der Waals surface area contributed by atoms with Gasteiger partial charge < -0.3 is 15.0 Å². The lowest BCUT2D eigenvalue weighted by molar-refractivity contribution is 0.107. The van der Waals surface area contributed by atoms with Crippen LogP contribution < -0.4 is 15.0 Å². The van der Waals surface area contributed by atoms with E-state index in [2.05, 4.69) is 29.0 Å². The van der Waals surface area contributed by atoms with Gasteiger partial charge in [-0.2, -0.15) is 9.97 Å². The van der Waals surface area contributed by atoms with Gasteiger partial charge in [0.25, 0.3) is 0 Å². The summed E-state index contributed by atoms with van der Waals surface area (Å²) in [5, 5.41) is 5.74. The van der Waals surface area contributed by atoms with Crippen LogP contribution in [-0.2, 0) is 0 Å². The summed E-state index contributed by atoms with van der Waals surface area (Å²) >= 11 is 0. The first-order valence-corrected chi connectivity index (χ1v) is 16.4. The van der Waals surface area contributed by atoms with E-state index < -0.39 is 12.0 Å². The fraction of sp³-hybridized carbons (Fsp3) is 0.514. The molecule has 1 N–H and O–H groups in total. The van der Waals surface area contributed by atoms with Crippen molar-refractivity contribution in [1.29, 1.82) is 0 Å². The number of nitrogens with one attached hydrogen (secondary N) is 1. The zero-order valence-corrected chi connectivity index (χ0v) is 26.0. The van der Waals surface area contributed by atoms with Crippen molar-refractivity contribution in [3.63, 3.8) is 0 Å². The molecule has 236 valence electrons. The number of pyridine rings is 1. The minimum absolute atomic E-state index is 0.00494. The summed E-state index contributed by atoms with van der Waals surface area (Å²) in [6.07, 6.45) is 3.15. The van der Waals surface area contributed by atoms with Gasteiger partial charge in [0.05, 0.1) is 16.6 Å². The number of aromatic nitrogens is 3. The van der Waals surface area contributed by atoms with Crippen LogP contribution in [0.15, 0.2) is 30.3 Å². The predicted molar refractivity (Wildman–Crippen MR) is 170 cm³/mol. The topological polar surface area (TPSA) is 66.4 Å².